The lowest BCUT2D eigenvalue weighted by atomic mass is 9.95. The van der Waals surface area contributed by atoms with Gasteiger partial charge in [-0.15, -0.1) is 0 Å². The number of aliphatic hydroxyl groups is 1. The number of benzene rings is 1. The Labute approximate surface area is 110 Å². The lowest BCUT2D eigenvalue weighted by Gasteiger charge is -2.19. The third kappa shape index (κ3) is 3.72. The van der Waals surface area contributed by atoms with Crippen LogP contribution in [-0.2, 0) is 0 Å². The lowest BCUT2D eigenvalue weighted by molar-refractivity contribution is 0.276. The Kier molecular flexibility index (Phi) is 6.16. The standard InChI is InChI=1S/C15H25NO2/c1-11(2)13-10-12(7-8-15(13)18-4)14(16-3)6-5-9-17/h7-8,10-11,14,16-17H,5-6,9H2,1-4H3. The minimum atomic E-state index is 0.241. The highest BCUT2D eigenvalue weighted by Gasteiger charge is 2.13. The van der Waals surface area contributed by atoms with Crippen molar-refractivity contribution in [2.24, 2.45) is 0 Å². The molecule has 18 heavy (non-hydrogen) atoms. The molecule has 1 atom stereocenters. The van der Waals surface area contributed by atoms with Crippen LogP contribution in [0, 0.1) is 0 Å². The van der Waals surface area contributed by atoms with Crippen LogP contribution in [0.3, 0.4) is 0 Å². The van der Waals surface area contributed by atoms with Gasteiger partial charge in [0.15, 0.2) is 0 Å². The molecule has 0 aliphatic heterocycles. The molecule has 0 amide bonds. The van der Waals surface area contributed by atoms with Crippen LogP contribution in [0.5, 0.6) is 5.75 Å². The molecule has 0 saturated heterocycles. The Morgan fingerprint density at radius 2 is 2.06 bits per heavy atom. The van der Waals surface area contributed by atoms with Crippen molar-refractivity contribution in [3.8, 4) is 5.75 Å². The van der Waals surface area contributed by atoms with E-state index in [0.717, 1.165) is 18.6 Å². The van der Waals surface area contributed by atoms with Crippen LogP contribution in [0.25, 0.3) is 0 Å². The van der Waals surface area contributed by atoms with Crippen LogP contribution in [0.15, 0.2) is 18.2 Å². The zero-order valence-corrected chi connectivity index (χ0v) is 11.9. The number of aliphatic hydroxyl groups excluding tert-OH is 1. The van der Waals surface area contributed by atoms with E-state index in [2.05, 4.69) is 31.3 Å². The fourth-order valence-electron chi connectivity index (χ4n) is 2.19. The molecule has 0 aromatic heterocycles. The molecule has 0 fully saturated rings. The van der Waals surface area contributed by atoms with Gasteiger partial charge in [-0.3, -0.25) is 0 Å². The first-order chi connectivity index (χ1) is 8.63. The van der Waals surface area contributed by atoms with Gasteiger partial charge in [0.05, 0.1) is 7.11 Å². The molecule has 0 heterocycles. The zero-order valence-electron chi connectivity index (χ0n) is 11.9. The molecule has 3 nitrogen and oxygen atoms in total. The summed E-state index contributed by atoms with van der Waals surface area (Å²) < 4.78 is 5.40. The van der Waals surface area contributed by atoms with Gasteiger partial charge in [0.1, 0.15) is 5.75 Å². The second-order valence-corrected chi connectivity index (χ2v) is 4.86. The monoisotopic (exact) mass is 251 g/mol. The molecule has 1 unspecified atom stereocenters. The molecule has 1 aromatic carbocycles. The van der Waals surface area contributed by atoms with Crippen molar-refractivity contribution >= 4 is 0 Å². The molecule has 2 N–H and O–H groups in total. The van der Waals surface area contributed by atoms with Gasteiger partial charge in [0, 0.05) is 12.6 Å². The number of methoxy groups -OCH3 is 1. The Balaban J connectivity index is 2.98. The van der Waals surface area contributed by atoms with E-state index < -0.39 is 0 Å². The van der Waals surface area contributed by atoms with Crippen molar-refractivity contribution in [1.82, 2.24) is 5.32 Å². The second kappa shape index (κ2) is 7.39. The molecule has 1 rings (SSSR count). The van der Waals surface area contributed by atoms with Gasteiger partial charge in [-0.05, 0) is 43.0 Å². The van der Waals surface area contributed by atoms with Crippen LogP contribution in [0.4, 0.5) is 0 Å². The quantitative estimate of drug-likeness (QED) is 0.783. The van der Waals surface area contributed by atoms with E-state index in [4.69, 9.17) is 9.84 Å². The molecule has 0 radical (unpaired) electrons. The molecule has 3 heteroatoms. The summed E-state index contributed by atoms with van der Waals surface area (Å²) in [5.74, 6) is 1.39. The van der Waals surface area contributed by atoms with Gasteiger partial charge in [-0.25, -0.2) is 0 Å². The van der Waals surface area contributed by atoms with Gasteiger partial charge in [-0.1, -0.05) is 26.0 Å². The average Bonchev–Trinajstić information content (AvgIpc) is 2.39. The Morgan fingerprint density at radius 3 is 2.56 bits per heavy atom. The fraction of sp³-hybridized carbons (Fsp3) is 0.600. The van der Waals surface area contributed by atoms with Gasteiger partial charge in [0.25, 0.3) is 0 Å². The summed E-state index contributed by atoms with van der Waals surface area (Å²) in [5.41, 5.74) is 2.50. The third-order valence-corrected chi connectivity index (χ3v) is 3.28. The molecular weight excluding hydrogens is 226 g/mol. The molecule has 102 valence electrons. The predicted octanol–water partition coefficient (Wildman–Crippen LogP) is 2.85. The van der Waals surface area contributed by atoms with Crippen LogP contribution in [-0.4, -0.2) is 25.9 Å². The first-order valence-corrected chi connectivity index (χ1v) is 6.60. The lowest BCUT2D eigenvalue weighted by Crippen LogP contribution is -2.17. The average molecular weight is 251 g/mol. The highest BCUT2D eigenvalue weighted by atomic mass is 16.5. The largest absolute Gasteiger partial charge is 0.496 e. The summed E-state index contributed by atoms with van der Waals surface area (Å²) in [6.07, 6.45) is 1.76. The van der Waals surface area contributed by atoms with Gasteiger partial charge >= 0.3 is 0 Å². The minimum absolute atomic E-state index is 0.241. The van der Waals surface area contributed by atoms with Gasteiger partial charge in [0.2, 0.25) is 0 Å². The minimum Gasteiger partial charge on any atom is -0.496 e. The number of hydrogen-bond acceptors (Lipinski definition) is 3. The summed E-state index contributed by atoms with van der Waals surface area (Å²) in [6.45, 7) is 4.58. The summed E-state index contributed by atoms with van der Waals surface area (Å²) >= 11 is 0. The van der Waals surface area contributed by atoms with Crippen molar-refractivity contribution in [2.45, 2.75) is 38.6 Å². The van der Waals surface area contributed by atoms with Crippen molar-refractivity contribution < 1.29 is 9.84 Å². The summed E-state index contributed by atoms with van der Waals surface area (Å²) in [4.78, 5) is 0. The van der Waals surface area contributed by atoms with Crippen LogP contribution < -0.4 is 10.1 Å². The number of hydrogen-bond donors (Lipinski definition) is 2. The smallest absolute Gasteiger partial charge is 0.122 e. The molecule has 1 aromatic rings. The van der Waals surface area contributed by atoms with Gasteiger partial charge in [-0.2, -0.15) is 0 Å². The summed E-state index contributed by atoms with van der Waals surface area (Å²) in [6, 6.07) is 6.64. The van der Waals surface area contributed by atoms with E-state index in [9.17, 15) is 0 Å². The predicted molar refractivity (Wildman–Crippen MR) is 75.2 cm³/mol. The second-order valence-electron chi connectivity index (χ2n) is 4.86. The van der Waals surface area contributed by atoms with Crippen LogP contribution in [0.1, 0.15) is 49.8 Å². The van der Waals surface area contributed by atoms with Crippen molar-refractivity contribution in [1.29, 1.82) is 0 Å². The van der Waals surface area contributed by atoms with Crippen molar-refractivity contribution in [3.05, 3.63) is 29.3 Å². The van der Waals surface area contributed by atoms with E-state index in [-0.39, 0.29) is 6.61 Å². The maximum absolute atomic E-state index is 8.93. The van der Waals surface area contributed by atoms with E-state index in [1.165, 1.54) is 11.1 Å². The fourth-order valence-corrected chi connectivity index (χ4v) is 2.19. The Morgan fingerprint density at radius 1 is 1.33 bits per heavy atom. The Hall–Kier alpha value is -1.06. The van der Waals surface area contributed by atoms with Crippen LogP contribution >= 0.6 is 0 Å². The van der Waals surface area contributed by atoms with Crippen molar-refractivity contribution in [3.63, 3.8) is 0 Å². The normalized spacial score (nSPS) is 12.8. The SMILES string of the molecule is CNC(CCCO)c1ccc(OC)c(C(C)C)c1. The maximum atomic E-state index is 8.93. The summed E-state index contributed by atoms with van der Waals surface area (Å²) in [5, 5.41) is 12.2. The number of nitrogens with one attached hydrogen (secondary N) is 1. The Bertz CT molecular complexity index is 364. The summed E-state index contributed by atoms with van der Waals surface area (Å²) in [7, 11) is 3.67. The van der Waals surface area contributed by atoms with Gasteiger partial charge < -0.3 is 15.2 Å². The van der Waals surface area contributed by atoms with E-state index in [1.807, 2.05) is 13.1 Å². The molecule has 0 aliphatic rings. The molecule has 0 spiro atoms. The molecule has 0 aliphatic carbocycles. The number of ether oxygens (including phenoxy) is 1. The van der Waals surface area contributed by atoms with Crippen molar-refractivity contribution in [2.75, 3.05) is 20.8 Å². The van der Waals surface area contributed by atoms with E-state index >= 15 is 0 Å². The molecule has 0 saturated carbocycles. The third-order valence-electron chi connectivity index (χ3n) is 3.28. The topological polar surface area (TPSA) is 41.5 Å². The van der Waals surface area contributed by atoms with E-state index in [1.54, 1.807) is 7.11 Å². The number of rotatable bonds is 7. The first kappa shape index (κ1) is 15.0. The molecular formula is C15H25NO2. The van der Waals surface area contributed by atoms with Crippen LogP contribution in [0.2, 0.25) is 0 Å². The maximum Gasteiger partial charge on any atom is 0.122 e. The highest BCUT2D eigenvalue weighted by molar-refractivity contribution is 5.40. The zero-order chi connectivity index (χ0) is 13.5. The molecule has 0 bridgehead atoms. The first-order valence-electron chi connectivity index (χ1n) is 6.60. The highest BCUT2D eigenvalue weighted by Crippen LogP contribution is 2.30. The van der Waals surface area contributed by atoms with E-state index in [0.29, 0.717) is 12.0 Å².